The smallest absolute Gasteiger partial charge is 0.202 e. The van der Waals surface area contributed by atoms with Gasteiger partial charge in [-0.3, -0.25) is 4.57 Å². The van der Waals surface area contributed by atoms with Crippen molar-refractivity contribution >= 4 is 33.0 Å². The van der Waals surface area contributed by atoms with Crippen molar-refractivity contribution in [2.45, 2.75) is 31.9 Å². The number of hydrogen-bond donors (Lipinski definition) is 1. The summed E-state index contributed by atoms with van der Waals surface area (Å²) in [6.45, 7) is 1.69. The Hall–Kier alpha value is -1.14. The number of aromatic nitrogens is 3. The van der Waals surface area contributed by atoms with Gasteiger partial charge in [0.15, 0.2) is 5.65 Å². The van der Waals surface area contributed by atoms with Crippen LogP contribution in [0, 0.1) is 0 Å². The summed E-state index contributed by atoms with van der Waals surface area (Å²) >= 11 is 3.39. The van der Waals surface area contributed by atoms with Crippen molar-refractivity contribution in [3.8, 4) is 0 Å². The number of nitrogen functional groups attached to an aromatic ring is 1. The van der Waals surface area contributed by atoms with E-state index in [1.165, 1.54) is 0 Å². The molecule has 5 nitrogen and oxygen atoms in total. The van der Waals surface area contributed by atoms with Crippen LogP contribution in [0.3, 0.4) is 0 Å². The van der Waals surface area contributed by atoms with Crippen molar-refractivity contribution in [1.82, 2.24) is 14.5 Å². The summed E-state index contributed by atoms with van der Waals surface area (Å²) in [5.41, 5.74) is 7.61. The summed E-state index contributed by atoms with van der Waals surface area (Å²) < 4.78 is 8.50. The van der Waals surface area contributed by atoms with Crippen LogP contribution >= 0.6 is 15.9 Å². The minimum absolute atomic E-state index is 0.359. The third kappa shape index (κ3) is 2.22. The standard InChI is InChI=1S/C12H15BrN4O/c13-8-6-10-11(15-7-8)17(12(14)16-10)4-3-9-2-1-5-18-9/h6-7,9H,1-5H2,(H2,14,16). The molecule has 0 bridgehead atoms. The van der Waals surface area contributed by atoms with Crippen molar-refractivity contribution in [3.63, 3.8) is 0 Å². The molecule has 96 valence electrons. The summed E-state index contributed by atoms with van der Waals surface area (Å²) in [6.07, 6.45) is 5.40. The molecule has 1 fully saturated rings. The Morgan fingerprint density at radius 2 is 2.44 bits per heavy atom. The Morgan fingerprint density at radius 1 is 1.56 bits per heavy atom. The van der Waals surface area contributed by atoms with E-state index in [-0.39, 0.29) is 0 Å². The first-order valence-electron chi connectivity index (χ1n) is 6.13. The number of nitrogens with two attached hydrogens (primary N) is 1. The van der Waals surface area contributed by atoms with E-state index in [1.54, 1.807) is 6.20 Å². The van der Waals surface area contributed by atoms with E-state index in [0.717, 1.165) is 48.1 Å². The van der Waals surface area contributed by atoms with Gasteiger partial charge in [0, 0.05) is 23.8 Å². The van der Waals surface area contributed by atoms with Crippen molar-refractivity contribution in [2.24, 2.45) is 0 Å². The molecule has 0 amide bonds. The van der Waals surface area contributed by atoms with Crippen LogP contribution in [0.25, 0.3) is 11.2 Å². The van der Waals surface area contributed by atoms with E-state index < -0.39 is 0 Å². The van der Waals surface area contributed by atoms with Crippen LogP contribution in [0.15, 0.2) is 16.7 Å². The summed E-state index contributed by atoms with van der Waals surface area (Å²) in [6, 6.07) is 1.93. The monoisotopic (exact) mass is 310 g/mol. The number of nitrogens with zero attached hydrogens (tertiary/aromatic N) is 3. The first-order chi connectivity index (χ1) is 8.74. The molecule has 1 aliphatic rings. The number of halogens is 1. The van der Waals surface area contributed by atoms with Gasteiger partial charge in [0.2, 0.25) is 5.95 Å². The molecule has 2 aromatic rings. The lowest BCUT2D eigenvalue weighted by atomic mass is 10.2. The highest BCUT2D eigenvalue weighted by atomic mass is 79.9. The van der Waals surface area contributed by atoms with Gasteiger partial charge in [-0.1, -0.05) is 0 Å². The van der Waals surface area contributed by atoms with Crippen LogP contribution in [0.1, 0.15) is 19.3 Å². The number of pyridine rings is 1. The Balaban J connectivity index is 1.84. The predicted molar refractivity (Wildman–Crippen MR) is 73.2 cm³/mol. The zero-order chi connectivity index (χ0) is 12.5. The third-order valence-corrected chi connectivity index (χ3v) is 3.71. The number of imidazole rings is 1. The largest absolute Gasteiger partial charge is 0.378 e. The maximum Gasteiger partial charge on any atom is 0.202 e. The molecular weight excluding hydrogens is 296 g/mol. The molecule has 0 radical (unpaired) electrons. The van der Waals surface area contributed by atoms with Gasteiger partial charge in [-0.25, -0.2) is 9.97 Å². The molecule has 1 saturated heterocycles. The van der Waals surface area contributed by atoms with Crippen molar-refractivity contribution in [2.75, 3.05) is 12.3 Å². The number of fused-ring (bicyclic) bond motifs is 1. The van der Waals surface area contributed by atoms with E-state index in [9.17, 15) is 0 Å². The zero-order valence-electron chi connectivity index (χ0n) is 9.97. The average molecular weight is 311 g/mol. The molecule has 2 N–H and O–H groups in total. The van der Waals surface area contributed by atoms with Crippen LogP contribution < -0.4 is 5.73 Å². The highest BCUT2D eigenvalue weighted by Gasteiger charge is 2.17. The second-order valence-corrected chi connectivity index (χ2v) is 5.46. The summed E-state index contributed by atoms with van der Waals surface area (Å²) in [5.74, 6) is 0.522. The zero-order valence-corrected chi connectivity index (χ0v) is 11.6. The quantitative estimate of drug-likeness (QED) is 0.945. The van der Waals surface area contributed by atoms with Crippen LogP contribution in [0.4, 0.5) is 5.95 Å². The van der Waals surface area contributed by atoms with E-state index in [4.69, 9.17) is 10.5 Å². The van der Waals surface area contributed by atoms with Crippen LogP contribution in [0.2, 0.25) is 0 Å². The summed E-state index contributed by atoms with van der Waals surface area (Å²) in [4.78, 5) is 8.71. The minimum Gasteiger partial charge on any atom is -0.378 e. The Bertz CT molecular complexity index is 562. The van der Waals surface area contributed by atoms with E-state index >= 15 is 0 Å². The Morgan fingerprint density at radius 3 is 3.22 bits per heavy atom. The van der Waals surface area contributed by atoms with E-state index in [2.05, 4.69) is 25.9 Å². The summed E-state index contributed by atoms with van der Waals surface area (Å²) in [7, 11) is 0. The number of hydrogen-bond acceptors (Lipinski definition) is 4. The van der Waals surface area contributed by atoms with Gasteiger partial charge in [-0.05, 0) is 41.3 Å². The molecule has 18 heavy (non-hydrogen) atoms. The Labute approximate surface area is 113 Å². The molecular formula is C12H15BrN4O. The topological polar surface area (TPSA) is 66.0 Å². The molecule has 3 heterocycles. The molecule has 0 saturated carbocycles. The van der Waals surface area contributed by atoms with E-state index in [0.29, 0.717) is 12.1 Å². The average Bonchev–Trinajstić information content (AvgIpc) is 2.93. The van der Waals surface area contributed by atoms with Crippen molar-refractivity contribution < 1.29 is 4.74 Å². The van der Waals surface area contributed by atoms with Gasteiger partial charge < -0.3 is 10.5 Å². The van der Waals surface area contributed by atoms with Gasteiger partial charge in [0.1, 0.15) is 5.52 Å². The molecule has 0 aromatic carbocycles. The maximum atomic E-state index is 5.94. The third-order valence-electron chi connectivity index (χ3n) is 3.28. The predicted octanol–water partition coefficient (Wildman–Crippen LogP) is 2.35. The minimum atomic E-state index is 0.359. The van der Waals surface area contributed by atoms with Crippen molar-refractivity contribution in [3.05, 3.63) is 16.7 Å². The second kappa shape index (κ2) is 4.85. The SMILES string of the molecule is Nc1nc2cc(Br)cnc2n1CCC1CCCO1. The van der Waals surface area contributed by atoms with Gasteiger partial charge >= 0.3 is 0 Å². The second-order valence-electron chi connectivity index (χ2n) is 4.54. The highest BCUT2D eigenvalue weighted by Crippen LogP contribution is 2.22. The lowest BCUT2D eigenvalue weighted by Crippen LogP contribution is -2.12. The molecule has 0 aliphatic carbocycles. The molecule has 0 spiro atoms. The van der Waals surface area contributed by atoms with Crippen LogP contribution in [0.5, 0.6) is 0 Å². The number of rotatable bonds is 3. The molecule has 6 heteroatoms. The lowest BCUT2D eigenvalue weighted by molar-refractivity contribution is 0.101. The Kier molecular flexibility index (Phi) is 3.22. The normalized spacial score (nSPS) is 19.7. The fourth-order valence-corrected chi connectivity index (χ4v) is 2.69. The molecule has 1 unspecified atom stereocenters. The van der Waals surface area contributed by atoms with E-state index in [1.807, 2.05) is 10.6 Å². The molecule has 1 atom stereocenters. The number of aryl methyl sites for hydroxylation is 1. The van der Waals surface area contributed by atoms with Gasteiger partial charge in [-0.15, -0.1) is 0 Å². The fourth-order valence-electron chi connectivity index (χ4n) is 2.37. The number of anilines is 1. The van der Waals surface area contributed by atoms with Gasteiger partial charge in [-0.2, -0.15) is 0 Å². The molecule has 1 aliphatic heterocycles. The fraction of sp³-hybridized carbons (Fsp3) is 0.500. The van der Waals surface area contributed by atoms with Gasteiger partial charge in [0.25, 0.3) is 0 Å². The lowest BCUT2D eigenvalue weighted by Gasteiger charge is -2.10. The molecule has 2 aromatic heterocycles. The van der Waals surface area contributed by atoms with Crippen LogP contribution in [-0.4, -0.2) is 27.2 Å². The maximum absolute atomic E-state index is 5.94. The van der Waals surface area contributed by atoms with Crippen molar-refractivity contribution in [1.29, 1.82) is 0 Å². The van der Waals surface area contributed by atoms with Gasteiger partial charge in [0.05, 0.1) is 6.10 Å². The first kappa shape index (κ1) is 11.9. The number of ether oxygens (including phenoxy) is 1. The first-order valence-corrected chi connectivity index (χ1v) is 6.92. The van der Waals surface area contributed by atoms with Crippen LogP contribution in [-0.2, 0) is 11.3 Å². The summed E-state index contributed by atoms with van der Waals surface area (Å²) in [5, 5.41) is 0. The highest BCUT2D eigenvalue weighted by molar-refractivity contribution is 9.10. The molecule has 3 rings (SSSR count).